The van der Waals surface area contributed by atoms with Gasteiger partial charge in [0.25, 0.3) is 10.0 Å². The first-order valence-electron chi connectivity index (χ1n) is 9.56. The van der Waals surface area contributed by atoms with E-state index in [1.54, 1.807) is 25.1 Å². The van der Waals surface area contributed by atoms with Gasteiger partial charge in [0, 0.05) is 11.9 Å². The third-order valence-corrected chi connectivity index (χ3v) is 7.43. The number of nitrogens with one attached hydrogen (secondary N) is 1. The van der Waals surface area contributed by atoms with Crippen LogP contribution >= 0.6 is 0 Å². The Hall–Kier alpha value is -2.12. The van der Waals surface area contributed by atoms with E-state index in [1.807, 2.05) is 18.2 Å². The second kappa shape index (κ2) is 7.13. The highest BCUT2D eigenvalue weighted by Gasteiger charge is 2.40. The third kappa shape index (κ3) is 3.19. The molecular weight excluding hydrogens is 362 g/mol. The van der Waals surface area contributed by atoms with Crippen LogP contribution in [0.5, 0.6) is 0 Å². The van der Waals surface area contributed by atoms with Crippen molar-refractivity contribution in [3.8, 4) is 0 Å². The van der Waals surface area contributed by atoms with E-state index < -0.39 is 16.1 Å². The minimum absolute atomic E-state index is 0.259. The van der Waals surface area contributed by atoms with Crippen LogP contribution in [0.25, 0.3) is 10.8 Å². The molecule has 0 radical (unpaired) electrons. The van der Waals surface area contributed by atoms with Crippen LogP contribution in [-0.2, 0) is 14.8 Å². The summed E-state index contributed by atoms with van der Waals surface area (Å²) in [5.74, 6) is -0.259. The molecule has 1 saturated heterocycles. The standard InChI is InChI=1S/C20H25N3O3S/c1-15(20(24)21-11-6-14-22-12-2-3-13-22)23-17-9-4-7-16-8-5-10-18(19(16)17)27(23,25)26/h4-5,7-10,15H,2-3,6,11-14H2,1H3,(H,21,24)/t15-/m1/s1. The number of carbonyl (C=O) groups is 1. The number of amides is 1. The molecule has 1 amide bonds. The monoisotopic (exact) mass is 387 g/mol. The van der Waals surface area contributed by atoms with Crippen LogP contribution in [0.2, 0.25) is 0 Å². The van der Waals surface area contributed by atoms with Gasteiger partial charge in [-0.2, -0.15) is 0 Å². The fourth-order valence-corrected chi connectivity index (χ4v) is 5.98. The Kier molecular flexibility index (Phi) is 4.82. The molecule has 2 aliphatic rings. The minimum atomic E-state index is -3.72. The summed E-state index contributed by atoms with van der Waals surface area (Å²) in [5.41, 5.74) is 0.586. The molecule has 0 aromatic heterocycles. The van der Waals surface area contributed by atoms with E-state index in [1.165, 1.54) is 17.1 Å². The maximum atomic E-state index is 13.1. The van der Waals surface area contributed by atoms with Crippen molar-refractivity contribution in [1.29, 1.82) is 0 Å². The van der Waals surface area contributed by atoms with E-state index in [-0.39, 0.29) is 10.8 Å². The highest BCUT2D eigenvalue weighted by atomic mass is 32.2. The van der Waals surface area contributed by atoms with Crippen molar-refractivity contribution in [3.05, 3.63) is 36.4 Å². The van der Waals surface area contributed by atoms with Crippen LogP contribution < -0.4 is 9.62 Å². The smallest absolute Gasteiger partial charge is 0.265 e. The van der Waals surface area contributed by atoms with Crippen molar-refractivity contribution < 1.29 is 13.2 Å². The predicted molar refractivity (Wildman–Crippen MR) is 106 cm³/mol. The average Bonchev–Trinajstić information content (AvgIpc) is 3.25. The molecule has 1 atom stereocenters. The van der Waals surface area contributed by atoms with E-state index >= 15 is 0 Å². The SMILES string of the molecule is C[C@H](C(=O)NCCCN1CCCC1)N1c2cccc3cccc(c23)S1(=O)=O. The van der Waals surface area contributed by atoms with E-state index in [9.17, 15) is 13.2 Å². The lowest BCUT2D eigenvalue weighted by atomic mass is 10.1. The highest BCUT2D eigenvalue weighted by molar-refractivity contribution is 7.93. The second-order valence-corrected chi connectivity index (χ2v) is 9.08. The zero-order valence-corrected chi connectivity index (χ0v) is 16.3. The van der Waals surface area contributed by atoms with Crippen LogP contribution in [0.3, 0.4) is 0 Å². The van der Waals surface area contributed by atoms with E-state index in [0.29, 0.717) is 17.6 Å². The normalized spacial score (nSPS) is 19.5. The summed E-state index contributed by atoms with van der Waals surface area (Å²) in [6.07, 6.45) is 3.38. The van der Waals surface area contributed by atoms with Gasteiger partial charge >= 0.3 is 0 Å². The van der Waals surface area contributed by atoms with Crippen molar-refractivity contribution >= 4 is 32.4 Å². The Morgan fingerprint density at radius 1 is 1.15 bits per heavy atom. The molecular formula is C20H25N3O3S. The summed E-state index contributed by atoms with van der Waals surface area (Å²) in [4.78, 5) is 15.3. The number of hydrogen-bond donors (Lipinski definition) is 1. The molecule has 27 heavy (non-hydrogen) atoms. The highest BCUT2D eigenvalue weighted by Crippen LogP contribution is 2.43. The summed E-state index contributed by atoms with van der Waals surface area (Å²) in [6.45, 7) is 5.46. The molecule has 0 saturated carbocycles. The van der Waals surface area contributed by atoms with Gasteiger partial charge in [-0.15, -0.1) is 0 Å². The molecule has 1 fully saturated rings. The van der Waals surface area contributed by atoms with Gasteiger partial charge in [0.2, 0.25) is 5.91 Å². The molecule has 7 heteroatoms. The minimum Gasteiger partial charge on any atom is -0.354 e. The molecule has 0 bridgehead atoms. The van der Waals surface area contributed by atoms with Crippen LogP contribution in [0.4, 0.5) is 5.69 Å². The van der Waals surface area contributed by atoms with Crippen molar-refractivity contribution in [3.63, 3.8) is 0 Å². The van der Waals surface area contributed by atoms with Gasteiger partial charge < -0.3 is 10.2 Å². The fraction of sp³-hybridized carbons (Fsp3) is 0.450. The summed E-state index contributed by atoms with van der Waals surface area (Å²) in [6, 6.07) is 9.95. The van der Waals surface area contributed by atoms with Gasteiger partial charge in [0.05, 0.1) is 10.6 Å². The van der Waals surface area contributed by atoms with Gasteiger partial charge in [-0.1, -0.05) is 24.3 Å². The molecule has 1 N–H and O–H groups in total. The first-order valence-corrected chi connectivity index (χ1v) is 11.0. The molecule has 0 spiro atoms. The number of sulfonamides is 1. The van der Waals surface area contributed by atoms with E-state index in [2.05, 4.69) is 10.2 Å². The van der Waals surface area contributed by atoms with Crippen LogP contribution in [0.1, 0.15) is 26.2 Å². The summed E-state index contributed by atoms with van der Waals surface area (Å²) in [7, 11) is -3.72. The van der Waals surface area contributed by atoms with Crippen molar-refractivity contribution in [2.45, 2.75) is 37.1 Å². The molecule has 4 rings (SSSR count). The van der Waals surface area contributed by atoms with Gasteiger partial charge in [-0.3, -0.25) is 9.10 Å². The van der Waals surface area contributed by atoms with Crippen LogP contribution in [0, 0.1) is 0 Å². The maximum absolute atomic E-state index is 13.1. The number of rotatable bonds is 6. The number of hydrogen-bond acceptors (Lipinski definition) is 4. The van der Waals surface area contributed by atoms with E-state index in [4.69, 9.17) is 0 Å². The number of benzene rings is 2. The Labute approximate surface area is 160 Å². The summed E-state index contributed by atoms with van der Waals surface area (Å²) >= 11 is 0. The fourth-order valence-electron chi connectivity index (χ4n) is 4.11. The number of anilines is 1. The molecule has 144 valence electrons. The number of carbonyl (C=O) groups excluding carboxylic acids is 1. The molecule has 0 aliphatic carbocycles. The topological polar surface area (TPSA) is 69.7 Å². The van der Waals surface area contributed by atoms with Crippen molar-refractivity contribution in [2.75, 3.05) is 30.5 Å². The number of nitrogens with zero attached hydrogens (tertiary/aromatic N) is 2. The van der Waals surface area contributed by atoms with Crippen molar-refractivity contribution in [2.24, 2.45) is 0 Å². The molecule has 6 nitrogen and oxygen atoms in total. The lowest BCUT2D eigenvalue weighted by Gasteiger charge is -2.25. The molecule has 2 heterocycles. The lowest BCUT2D eigenvalue weighted by Crippen LogP contribution is -2.47. The van der Waals surface area contributed by atoms with Gasteiger partial charge in [-0.25, -0.2) is 8.42 Å². The first-order chi connectivity index (χ1) is 13.0. The summed E-state index contributed by atoms with van der Waals surface area (Å²) < 4.78 is 27.4. The second-order valence-electron chi connectivity index (χ2n) is 7.30. The maximum Gasteiger partial charge on any atom is 0.265 e. The Morgan fingerprint density at radius 3 is 2.59 bits per heavy atom. The molecule has 0 unspecified atom stereocenters. The zero-order valence-electron chi connectivity index (χ0n) is 15.5. The third-order valence-electron chi connectivity index (χ3n) is 5.50. The Bertz CT molecular complexity index is 962. The molecule has 2 aliphatic heterocycles. The predicted octanol–water partition coefficient (Wildman–Crippen LogP) is 2.34. The summed E-state index contributed by atoms with van der Waals surface area (Å²) in [5, 5.41) is 4.48. The largest absolute Gasteiger partial charge is 0.354 e. The van der Waals surface area contributed by atoms with Gasteiger partial charge in [0.1, 0.15) is 6.04 Å². The van der Waals surface area contributed by atoms with Crippen molar-refractivity contribution in [1.82, 2.24) is 10.2 Å². The van der Waals surface area contributed by atoms with Crippen LogP contribution in [0.15, 0.2) is 41.3 Å². The van der Waals surface area contributed by atoms with Gasteiger partial charge in [-0.05, 0) is 63.3 Å². The molecule has 2 aromatic rings. The Morgan fingerprint density at radius 2 is 1.85 bits per heavy atom. The van der Waals surface area contributed by atoms with Gasteiger partial charge in [0.15, 0.2) is 0 Å². The molecule has 2 aromatic carbocycles. The van der Waals surface area contributed by atoms with E-state index in [0.717, 1.165) is 31.4 Å². The first kappa shape index (κ1) is 18.3. The lowest BCUT2D eigenvalue weighted by molar-refractivity contribution is -0.121. The average molecular weight is 388 g/mol. The zero-order chi connectivity index (χ0) is 19.0. The number of likely N-dealkylation sites (tertiary alicyclic amines) is 1. The van der Waals surface area contributed by atoms with Crippen LogP contribution in [-0.4, -0.2) is 51.4 Å². The Balaban J connectivity index is 1.48. The quantitative estimate of drug-likeness (QED) is 0.773.